The SMILES string of the molecule is CC(C)C(NC(=O)C1=CN=CC1)c1ccccc1. The number of hydrogen-bond donors (Lipinski definition) is 1. The minimum atomic E-state index is -0.0185. The Labute approximate surface area is 108 Å². The number of amides is 1. The summed E-state index contributed by atoms with van der Waals surface area (Å²) in [6.45, 7) is 4.22. The molecule has 1 N–H and O–H groups in total. The average Bonchev–Trinajstić information content (AvgIpc) is 2.90. The largest absolute Gasteiger partial charge is 0.345 e. The van der Waals surface area contributed by atoms with Crippen molar-refractivity contribution < 1.29 is 4.79 Å². The molecule has 0 radical (unpaired) electrons. The van der Waals surface area contributed by atoms with Gasteiger partial charge in [-0.25, -0.2) is 0 Å². The molecule has 0 saturated heterocycles. The molecule has 0 spiro atoms. The van der Waals surface area contributed by atoms with Crippen LogP contribution in [0.5, 0.6) is 0 Å². The normalized spacial score (nSPS) is 15.6. The predicted molar refractivity (Wildman–Crippen MR) is 73.4 cm³/mol. The van der Waals surface area contributed by atoms with Gasteiger partial charge in [-0.1, -0.05) is 44.2 Å². The van der Waals surface area contributed by atoms with E-state index in [-0.39, 0.29) is 11.9 Å². The molecule has 1 aliphatic heterocycles. The van der Waals surface area contributed by atoms with Crippen molar-refractivity contribution in [1.82, 2.24) is 5.32 Å². The minimum Gasteiger partial charge on any atom is -0.345 e. The van der Waals surface area contributed by atoms with E-state index in [0.717, 1.165) is 11.1 Å². The van der Waals surface area contributed by atoms with Crippen LogP contribution >= 0.6 is 0 Å². The van der Waals surface area contributed by atoms with Gasteiger partial charge in [-0.05, 0) is 11.5 Å². The second kappa shape index (κ2) is 5.63. The summed E-state index contributed by atoms with van der Waals surface area (Å²) in [4.78, 5) is 16.0. The van der Waals surface area contributed by atoms with Gasteiger partial charge in [0.1, 0.15) is 0 Å². The molecular formula is C15H18N2O. The zero-order valence-corrected chi connectivity index (χ0v) is 10.8. The van der Waals surface area contributed by atoms with Crippen LogP contribution in [-0.4, -0.2) is 12.1 Å². The molecule has 0 fully saturated rings. The Hall–Kier alpha value is -1.90. The first-order chi connectivity index (χ1) is 8.68. The Balaban J connectivity index is 2.10. The van der Waals surface area contributed by atoms with Gasteiger partial charge in [0.2, 0.25) is 5.91 Å². The van der Waals surface area contributed by atoms with Crippen LogP contribution in [0.2, 0.25) is 0 Å². The lowest BCUT2D eigenvalue weighted by atomic mass is 9.95. The number of carbonyl (C=O) groups is 1. The highest BCUT2D eigenvalue weighted by atomic mass is 16.1. The molecule has 3 nitrogen and oxygen atoms in total. The van der Waals surface area contributed by atoms with E-state index in [0.29, 0.717) is 12.3 Å². The van der Waals surface area contributed by atoms with Gasteiger partial charge in [0.05, 0.1) is 6.04 Å². The topological polar surface area (TPSA) is 41.5 Å². The second-order valence-electron chi connectivity index (χ2n) is 4.80. The summed E-state index contributed by atoms with van der Waals surface area (Å²) in [5.74, 6) is 0.328. The Morgan fingerprint density at radius 2 is 2.00 bits per heavy atom. The smallest absolute Gasteiger partial charge is 0.249 e. The summed E-state index contributed by atoms with van der Waals surface area (Å²) in [6, 6.07) is 10.1. The van der Waals surface area contributed by atoms with Crippen molar-refractivity contribution in [3.8, 4) is 0 Å². The van der Waals surface area contributed by atoms with Crippen LogP contribution in [-0.2, 0) is 4.79 Å². The highest BCUT2D eigenvalue weighted by Gasteiger charge is 2.20. The molecular weight excluding hydrogens is 224 g/mol. The van der Waals surface area contributed by atoms with Crippen molar-refractivity contribution in [2.75, 3.05) is 0 Å². The van der Waals surface area contributed by atoms with E-state index in [1.54, 1.807) is 12.4 Å². The number of rotatable bonds is 4. The Bertz CT molecular complexity index is 475. The molecule has 1 aliphatic rings. The van der Waals surface area contributed by atoms with Crippen molar-refractivity contribution >= 4 is 12.1 Å². The third-order valence-corrected chi connectivity index (χ3v) is 3.05. The van der Waals surface area contributed by atoms with Crippen LogP contribution in [0.3, 0.4) is 0 Å². The first-order valence-electron chi connectivity index (χ1n) is 6.25. The lowest BCUT2D eigenvalue weighted by molar-refractivity contribution is -0.118. The van der Waals surface area contributed by atoms with Crippen molar-refractivity contribution in [3.63, 3.8) is 0 Å². The molecule has 1 heterocycles. The zero-order chi connectivity index (χ0) is 13.0. The maximum Gasteiger partial charge on any atom is 0.249 e. The van der Waals surface area contributed by atoms with Gasteiger partial charge in [0.25, 0.3) is 0 Å². The lowest BCUT2D eigenvalue weighted by Crippen LogP contribution is -2.32. The van der Waals surface area contributed by atoms with E-state index in [2.05, 4.69) is 24.2 Å². The Morgan fingerprint density at radius 3 is 2.56 bits per heavy atom. The lowest BCUT2D eigenvalue weighted by Gasteiger charge is -2.23. The first-order valence-corrected chi connectivity index (χ1v) is 6.25. The molecule has 1 aromatic rings. The number of benzene rings is 1. The molecule has 3 heteroatoms. The summed E-state index contributed by atoms with van der Waals surface area (Å²) >= 11 is 0. The van der Waals surface area contributed by atoms with Crippen LogP contribution in [0, 0.1) is 5.92 Å². The van der Waals surface area contributed by atoms with Crippen molar-refractivity contribution in [1.29, 1.82) is 0 Å². The molecule has 1 aromatic carbocycles. The molecule has 94 valence electrons. The van der Waals surface area contributed by atoms with Gasteiger partial charge in [0, 0.05) is 24.4 Å². The van der Waals surface area contributed by atoms with Gasteiger partial charge in [0.15, 0.2) is 0 Å². The van der Waals surface area contributed by atoms with Gasteiger partial charge < -0.3 is 5.32 Å². The summed E-state index contributed by atoms with van der Waals surface area (Å²) in [5, 5.41) is 3.09. The van der Waals surface area contributed by atoms with E-state index in [9.17, 15) is 4.79 Å². The fraction of sp³-hybridized carbons (Fsp3) is 0.333. The molecule has 18 heavy (non-hydrogen) atoms. The van der Waals surface area contributed by atoms with Gasteiger partial charge >= 0.3 is 0 Å². The molecule has 0 saturated carbocycles. The van der Waals surface area contributed by atoms with Crippen LogP contribution in [0.15, 0.2) is 47.1 Å². The first kappa shape index (κ1) is 12.6. The van der Waals surface area contributed by atoms with Crippen LogP contribution in [0.25, 0.3) is 0 Å². The molecule has 0 aliphatic carbocycles. The van der Waals surface area contributed by atoms with E-state index in [1.807, 2.05) is 30.3 Å². The quantitative estimate of drug-likeness (QED) is 0.866. The van der Waals surface area contributed by atoms with E-state index in [1.165, 1.54) is 0 Å². The molecule has 1 atom stereocenters. The third kappa shape index (κ3) is 2.86. The van der Waals surface area contributed by atoms with Gasteiger partial charge in [-0.2, -0.15) is 0 Å². The van der Waals surface area contributed by atoms with E-state index < -0.39 is 0 Å². The molecule has 2 rings (SSSR count). The number of nitrogens with one attached hydrogen (secondary N) is 1. The number of carbonyl (C=O) groups excluding carboxylic acids is 1. The Kier molecular flexibility index (Phi) is 3.92. The Morgan fingerprint density at radius 1 is 1.28 bits per heavy atom. The van der Waals surface area contributed by atoms with Crippen molar-refractivity contribution in [2.45, 2.75) is 26.3 Å². The maximum absolute atomic E-state index is 12.1. The van der Waals surface area contributed by atoms with Crippen LogP contribution in [0.4, 0.5) is 0 Å². The van der Waals surface area contributed by atoms with E-state index in [4.69, 9.17) is 0 Å². The molecule has 0 aromatic heterocycles. The van der Waals surface area contributed by atoms with Crippen molar-refractivity contribution in [3.05, 3.63) is 47.7 Å². The number of aliphatic imine (C=N–C) groups is 1. The molecule has 1 amide bonds. The van der Waals surface area contributed by atoms with E-state index >= 15 is 0 Å². The summed E-state index contributed by atoms with van der Waals surface area (Å²) in [7, 11) is 0. The second-order valence-corrected chi connectivity index (χ2v) is 4.80. The number of nitrogens with zero attached hydrogens (tertiary/aromatic N) is 1. The standard InChI is InChI=1S/C15H18N2O/c1-11(2)14(12-6-4-3-5-7-12)17-15(18)13-8-9-16-10-13/h3-7,9-11,14H,8H2,1-2H3,(H,17,18). The van der Waals surface area contributed by atoms with Gasteiger partial charge in [-0.15, -0.1) is 0 Å². The minimum absolute atomic E-state index is 0.0185. The molecule has 0 bridgehead atoms. The van der Waals surface area contributed by atoms with Gasteiger partial charge in [-0.3, -0.25) is 9.79 Å². The highest BCUT2D eigenvalue weighted by molar-refractivity contribution is 5.98. The summed E-state index contributed by atoms with van der Waals surface area (Å²) in [6.07, 6.45) is 4.02. The van der Waals surface area contributed by atoms with Crippen molar-refractivity contribution in [2.24, 2.45) is 10.9 Å². The third-order valence-electron chi connectivity index (χ3n) is 3.05. The fourth-order valence-electron chi connectivity index (χ4n) is 2.03. The van der Waals surface area contributed by atoms with Crippen LogP contribution in [0.1, 0.15) is 31.9 Å². The molecule has 1 unspecified atom stereocenters. The average molecular weight is 242 g/mol. The predicted octanol–water partition coefficient (Wildman–Crippen LogP) is 2.86. The van der Waals surface area contributed by atoms with Crippen LogP contribution < -0.4 is 5.32 Å². The zero-order valence-electron chi connectivity index (χ0n) is 10.8. The monoisotopic (exact) mass is 242 g/mol. The highest BCUT2D eigenvalue weighted by Crippen LogP contribution is 2.22. The summed E-state index contributed by atoms with van der Waals surface area (Å²) < 4.78 is 0. The fourth-order valence-corrected chi connectivity index (χ4v) is 2.03. The number of hydrogen-bond acceptors (Lipinski definition) is 2. The maximum atomic E-state index is 12.1. The summed E-state index contributed by atoms with van der Waals surface area (Å²) in [5.41, 5.74) is 1.87.